The maximum Gasteiger partial charge on any atom is 0.416 e. The molecule has 0 aliphatic heterocycles. The minimum absolute atomic E-state index is 0.0209. The molecule has 154 valence electrons. The highest BCUT2D eigenvalue weighted by Gasteiger charge is 2.30. The maximum absolute atomic E-state index is 12.8. The van der Waals surface area contributed by atoms with E-state index in [2.05, 4.69) is 9.94 Å². The number of alkyl halides is 3. The van der Waals surface area contributed by atoms with Crippen molar-refractivity contribution in [2.75, 3.05) is 0 Å². The standard InChI is InChI=1S/C24H16F3N3O/c1-28-20-8-4-2-7-19(20)23(31)14-21-18-6-3-5-9-22(18)30(29-21)15-16-10-12-17(13-11-16)24(25,26)27/h2-13H,14-15H2. The summed E-state index contributed by atoms with van der Waals surface area (Å²) in [4.78, 5) is 16.2. The third-order valence-electron chi connectivity index (χ3n) is 5.00. The number of halogens is 3. The van der Waals surface area contributed by atoms with Gasteiger partial charge in [-0.2, -0.15) is 18.3 Å². The first-order valence-corrected chi connectivity index (χ1v) is 9.47. The molecule has 31 heavy (non-hydrogen) atoms. The van der Waals surface area contributed by atoms with Crippen molar-refractivity contribution < 1.29 is 18.0 Å². The van der Waals surface area contributed by atoms with E-state index in [1.54, 1.807) is 28.9 Å². The minimum atomic E-state index is -4.38. The number of hydrogen-bond acceptors (Lipinski definition) is 2. The number of rotatable bonds is 5. The lowest BCUT2D eigenvalue weighted by Gasteiger charge is -2.08. The molecular weight excluding hydrogens is 403 g/mol. The van der Waals surface area contributed by atoms with E-state index >= 15 is 0 Å². The number of benzene rings is 3. The highest BCUT2D eigenvalue weighted by atomic mass is 19.4. The molecule has 1 aromatic heterocycles. The zero-order chi connectivity index (χ0) is 22.0. The summed E-state index contributed by atoms with van der Waals surface area (Å²) >= 11 is 0. The molecule has 0 spiro atoms. The van der Waals surface area contributed by atoms with Crippen molar-refractivity contribution in [3.63, 3.8) is 0 Å². The molecule has 7 heteroatoms. The Kier molecular flexibility index (Phi) is 5.30. The van der Waals surface area contributed by atoms with Crippen LogP contribution in [0.5, 0.6) is 0 Å². The Morgan fingerprint density at radius 1 is 0.968 bits per heavy atom. The summed E-state index contributed by atoms with van der Waals surface area (Å²) in [6.07, 6.45) is -4.36. The van der Waals surface area contributed by atoms with E-state index in [-0.39, 0.29) is 18.7 Å². The van der Waals surface area contributed by atoms with Crippen molar-refractivity contribution in [2.24, 2.45) is 0 Å². The Morgan fingerprint density at radius 2 is 1.65 bits per heavy atom. The van der Waals surface area contributed by atoms with Crippen LogP contribution in [0.2, 0.25) is 0 Å². The summed E-state index contributed by atoms with van der Waals surface area (Å²) < 4.78 is 40.1. The van der Waals surface area contributed by atoms with Crippen LogP contribution in [0, 0.1) is 6.57 Å². The molecule has 0 saturated heterocycles. The monoisotopic (exact) mass is 419 g/mol. The van der Waals surface area contributed by atoms with Gasteiger partial charge in [-0.05, 0) is 23.8 Å². The second-order valence-corrected chi connectivity index (χ2v) is 7.05. The number of carbonyl (C=O) groups excluding carboxylic acids is 1. The fourth-order valence-electron chi connectivity index (χ4n) is 3.47. The van der Waals surface area contributed by atoms with E-state index in [1.807, 2.05) is 24.3 Å². The first-order chi connectivity index (χ1) is 14.9. The highest BCUT2D eigenvalue weighted by Crippen LogP contribution is 2.29. The molecule has 4 aromatic rings. The number of fused-ring (bicyclic) bond motifs is 1. The van der Waals surface area contributed by atoms with Crippen LogP contribution in [0.3, 0.4) is 0 Å². The van der Waals surface area contributed by atoms with Crippen molar-refractivity contribution in [1.82, 2.24) is 9.78 Å². The molecule has 4 rings (SSSR count). The van der Waals surface area contributed by atoms with Crippen molar-refractivity contribution in [3.8, 4) is 0 Å². The molecule has 0 bridgehead atoms. The molecule has 0 fully saturated rings. The molecule has 0 radical (unpaired) electrons. The van der Waals surface area contributed by atoms with Gasteiger partial charge in [0.2, 0.25) is 0 Å². The summed E-state index contributed by atoms with van der Waals surface area (Å²) in [5.74, 6) is -0.212. The predicted molar refractivity (Wildman–Crippen MR) is 111 cm³/mol. The van der Waals surface area contributed by atoms with Gasteiger partial charge in [0, 0.05) is 10.9 Å². The molecule has 0 atom stereocenters. The number of carbonyl (C=O) groups is 1. The molecule has 0 aliphatic carbocycles. The fourth-order valence-corrected chi connectivity index (χ4v) is 3.47. The molecule has 0 N–H and O–H groups in total. The molecular formula is C24H16F3N3O. The van der Waals surface area contributed by atoms with E-state index in [0.717, 1.165) is 23.0 Å². The number of Topliss-reactive ketones (excluding diaryl/α,β-unsaturated/α-hetero) is 1. The largest absolute Gasteiger partial charge is 0.416 e. The van der Waals surface area contributed by atoms with E-state index in [4.69, 9.17) is 6.57 Å². The van der Waals surface area contributed by atoms with E-state index in [0.29, 0.717) is 22.5 Å². The van der Waals surface area contributed by atoms with Crippen LogP contribution < -0.4 is 0 Å². The second-order valence-electron chi connectivity index (χ2n) is 7.05. The van der Waals surface area contributed by atoms with Crippen LogP contribution in [0.15, 0.2) is 72.8 Å². The summed E-state index contributed by atoms with van der Waals surface area (Å²) in [7, 11) is 0. The molecule has 0 aliphatic rings. The average molecular weight is 419 g/mol. The van der Waals surface area contributed by atoms with E-state index in [1.165, 1.54) is 12.1 Å². The highest BCUT2D eigenvalue weighted by molar-refractivity contribution is 6.03. The first kappa shape index (κ1) is 20.4. The van der Waals surface area contributed by atoms with Crippen LogP contribution in [0.25, 0.3) is 15.7 Å². The van der Waals surface area contributed by atoms with Gasteiger partial charge in [-0.15, -0.1) is 0 Å². The minimum Gasteiger partial charge on any atom is -0.295 e. The van der Waals surface area contributed by atoms with Gasteiger partial charge in [0.05, 0.1) is 36.3 Å². The molecule has 0 saturated carbocycles. The Balaban J connectivity index is 1.65. The third-order valence-corrected chi connectivity index (χ3v) is 5.00. The Hall–Kier alpha value is -3.92. The fraction of sp³-hybridized carbons (Fsp3) is 0.125. The molecule has 0 unspecified atom stereocenters. The van der Waals surface area contributed by atoms with Crippen LogP contribution in [0.1, 0.15) is 27.2 Å². The molecule has 4 nitrogen and oxygen atoms in total. The Labute approximate surface area is 176 Å². The van der Waals surface area contributed by atoms with Gasteiger partial charge >= 0.3 is 6.18 Å². The van der Waals surface area contributed by atoms with Crippen molar-refractivity contribution in [2.45, 2.75) is 19.1 Å². The number of aromatic nitrogens is 2. The Morgan fingerprint density at radius 3 is 2.35 bits per heavy atom. The first-order valence-electron chi connectivity index (χ1n) is 9.47. The third kappa shape index (κ3) is 4.19. The average Bonchev–Trinajstić information content (AvgIpc) is 3.10. The van der Waals surface area contributed by atoms with Gasteiger partial charge in [0.25, 0.3) is 0 Å². The Bertz CT molecular complexity index is 1300. The number of hydrogen-bond donors (Lipinski definition) is 0. The van der Waals surface area contributed by atoms with Gasteiger partial charge < -0.3 is 0 Å². The van der Waals surface area contributed by atoms with Crippen LogP contribution in [0.4, 0.5) is 18.9 Å². The van der Waals surface area contributed by atoms with Crippen molar-refractivity contribution in [1.29, 1.82) is 0 Å². The normalized spacial score (nSPS) is 11.4. The summed E-state index contributed by atoms with van der Waals surface area (Å²) in [6, 6.07) is 19.0. The maximum atomic E-state index is 12.8. The molecule has 0 amide bonds. The predicted octanol–water partition coefficient (Wildman–Crippen LogP) is 6.08. The quantitative estimate of drug-likeness (QED) is 0.291. The van der Waals surface area contributed by atoms with Crippen LogP contribution in [-0.2, 0) is 19.1 Å². The lowest BCUT2D eigenvalue weighted by molar-refractivity contribution is -0.137. The summed E-state index contributed by atoms with van der Waals surface area (Å²) in [5.41, 5.74) is 1.94. The van der Waals surface area contributed by atoms with Crippen LogP contribution >= 0.6 is 0 Å². The van der Waals surface area contributed by atoms with Gasteiger partial charge in [0.1, 0.15) is 0 Å². The lowest BCUT2D eigenvalue weighted by atomic mass is 10.0. The van der Waals surface area contributed by atoms with Crippen molar-refractivity contribution in [3.05, 3.63) is 107 Å². The summed E-state index contributed by atoms with van der Waals surface area (Å²) in [5, 5.41) is 5.37. The number of para-hydroxylation sites is 2. The van der Waals surface area contributed by atoms with E-state index < -0.39 is 11.7 Å². The summed E-state index contributed by atoms with van der Waals surface area (Å²) in [6.45, 7) is 7.52. The molecule has 3 aromatic carbocycles. The second kappa shape index (κ2) is 8.07. The van der Waals surface area contributed by atoms with Gasteiger partial charge in [-0.1, -0.05) is 54.6 Å². The number of ketones is 1. The van der Waals surface area contributed by atoms with E-state index in [9.17, 15) is 18.0 Å². The zero-order valence-electron chi connectivity index (χ0n) is 16.2. The lowest BCUT2D eigenvalue weighted by Crippen LogP contribution is -2.07. The van der Waals surface area contributed by atoms with Crippen molar-refractivity contribution >= 4 is 22.4 Å². The van der Waals surface area contributed by atoms with Gasteiger partial charge in [0.15, 0.2) is 11.5 Å². The number of nitrogens with zero attached hydrogens (tertiary/aromatic N) is 3. The SMILES string of the molecule is [C-]#[N+]c1ccccc1C(=O)Cc1nn(Cc2ccc(C(F)(F)F)cc2)c2ccccc12. The van der Waals surface area contributed by atoms with Crippen LogP contribution in [-0.4, -0.2) is 15.6 Å². The van der Waals surface area contributed by atoms with Gasteiger partial charge in [-0.25, -0.2) is 4.85 Å². The molecule has 1 heterocycles. The van der Waals surface area contributed by atoms with Gasteiger partial charge in [-0.3, -0.25) is 9.48 Å². The zero-order valence-corrected chi connectivity index (χ0v) is 16.2. The topological polar surface area (TPSA) is 39.2 Å². The smallest absolute Gasteiger partial charge is 0.295 e.